The van der Waals surface area contributed by atoms with E-state index in [2.05, 4.69) is 42.5 Å². The van der Waals surface area contributed by atoms with Crippen molar-refractivity contribution in [3.63, 3.8) is 0 Å². The van der Waals surface area contributed by atoms with Crippen LogP contribution in [0, 0.1) is 5.92 Å². The summed E-state index contributed by atoms with van der Waals surface area (Å²) in [4.78, 5) is 25.7. The second kappa shape index (κ2) is 10.3. The van der Waals surface area contributed by atoms with Gasteiger partial charge in [0.1, 0.15) is 5.82 Å². The van der Waals surface area contributed by atoms with Gasteiger partial charge in [-0.05, 0) is 17.7 Å². The molecule has 2 aromatic rings. The second-order valence-electron chi connectivity index (χ2n) is 7.79. The zero-order chi connectivity index (χ0) is 22.3. The Hall–Kier alpha value is -3.72. The van der Waals surface area contributed by atoms with Gasteiger partial charge in [0.15, 0.2) is 0 Å². The number of pyridine rings is 1. The Morgan fingerprint density at radius 3 is 2.94 bits per heavy atom. The van der Waals surface area contributed by atoms with E-state index < -0.39 is 0 Å². The number of fused-ring (bicyclic) bond motifs is 1. The molecule has 9 heteroatoms. The number of rotatable bonds is 8. The molecule has 0 saturated carbocycles. The third kappa shape index (κ3) is 5.38. The van der Waals surface area contributed by atoms with E-state index in [1.54, 1.807) is 12.3 Å². The summed E-state index contributed by atoms with van der Waals surface area (Å²) < 4.78 is 11.3. The van der Waals surface area contributed by atoms with E-state index in [9.17, 15) is 0 Å². The summed E-state index contributed by atoms with van der Waals surface area (Å²) >= 11 is 0. The van der Waals surface area contributed by atoms with Gasteiger partial charge in [0.05, 0.1) is 25.9 Å². The quantitative estimate of drug-likeness (QED) is 0.618. The number of aromatic nitrogens is 3. The highest BCUT2D eigenvalue weighted by Crippen LogP contribution is 2.27. The predicted octanol–water partition coefficient (Wildman–Crippen LogP) is 2.29. The standard InChI is InChI=1S/C24H26N6O3/c1-2-7-21-20(6-1)18(16-26-21)17-27-33-23-15-22(30-10-13-31-14-11-30)28-24(29-23)32-12-8-19-5-3-4-9-25-19/h1-7,9,15-17,20-21,27H,8,10-14H2. The molecule has 1 aliphatic carbocycles. The summed E-state index contributed by atoms with van der Waals surface area (Å²) in [5.41, 5.74) is 4.91. The summed E-state index contributed by atoms with van der Waals surface area (Å²) in [6.07, 6.45) is 14.4. The van der Waals surface area contributed by atoms with Crippen LogP contribution in [0.25, 0.3) is 0 Å². The van der Waals surface area contributed by atoms with Crippen LogP contribution in [0.4, 0.5) is 5.82 Å². The van der Waals surface area contributed by atoms with Gasteiger partial charge in [0, 0.05) is 55.8 Å². The number of hydrogen-bond acceptors (Lipinski definition) is 9. The highest BCUT2D eigenvalue weighted by molar-refractivity contribution is 5.83. The van der Waals surface area contributed by atoms with Crippen LogP contribution in [0.1, 0.15) is 5.69 Å². The Kier molecular flexibility index (Phi) is 6.58. The third-order valence-electron chi connectivity index (χ3n) is 5.59. The molecule has 2 unspecified atom stereocenters. The number of anilines is 1. The summed E-state index contributed by atoms with van der Waals surface area (Å²) in [5, 5.41) is 0. The predicted molar refractivity (Wildman–Crippen MR) is 124 cm³/mol. The molecule has 2 aliphatic heterocycles. The Balaban J connectivity index is 1.26. The minimum absolute atomic E-state index is 0.161. The number of nitrogens with zero attached hydrogens (tertiary/aromatic N) is 5. The van der Waals surface area contributed by atoms with E-state index in [4.69, 9.17) is 14.3 Å². The topological polar surface area (TPSA) is 94.0 Å². The molecule has 1 N–H and O–H groups in total. The van der Waals surface area contributed by atoms with Crippen molar-refractivity contribution in [3.05, 3.63) is 72.2 Å². The Labute approximate surface area is 192 Å². The van der Waals surface area contributed by atoms with Crippen LogP contribution >= 0.6 is 0 Å². The van der Waals surface area contributed by atoms with Crippen LogP contribution in [0.15, 0.2) is 71.5 Å². The fraction of sp³-hybridized carbons (Fsp3) is 0.333. The van der Waals surface area contributed by atoms with E-state index in [0.29, 0.717) is 32.1 Å². The van der Waals surface area contributed by atoms with Crippen molar-refractivity contribution in [2.75, 3.05) is 37.8 Å². The molecule has 0 radical (unpaired) electrons. The van der Waals surface area contributed by atoms with E-state index in [-0.39, 0.29) is 18.0 Å². The van der Waals surface area contributed by atoms with Crippen LogP contribution in [0.5, 0.6) is 11.9 Å². The van der Waals surface area contributed by atoms with E-state index in [1.165, 1.54) is 0 Å². The van der Waals surface area contributed by atoms with Crippen molar-refractivity contribution in [2.45, 2.75) is 12.5 Å². The Morgan fingerprint density at radius 1 is 1.15 bits per heavy atom. The molecular weight excluding hydrogens is 420 g/mol. The SMILES string of the molecule is C1=CC2N=CC(=CNOc3cc(N4CCOCC4)nc(OCCc4ccccn4)n3)C2C=C1. The second-order valence-corrected chi connectivity index (χ2v) is 7.79. The van der Waals surface area contributed by atoms with Crippen molar-refractivity contribution in [3.8, 4) is 11.9 Å². The zero-order valence-electron chi connectivity index (χ0n) is 18.2. The molecule has 9 nitrogen and oxygen atoms in total. The van der Waals surface area contributed by atoms with Crippen molar-refractivity contribution in [1.82, 2.24) is 20.4 Å². The first-order valence-electron chi connectivity index (χ1n) is 11.1. The molecular formula is C24H26N6O3. The largest absolute Gasteiger partial charge is 0.463 e. The lowest BCUT2D eigenvalue weighted by Gasteiger charge is -2.28. The van der Waals surface area contributed by atoms with Crippen LogP contribution in [0.3, 0.4) is 0 Å². The van der Waals surface area contributed by atoms with Crippen molar-refractivity contribution in [2.24, 2.45) is 10.9 Å². The maximum Gasteiger partial charge on any atom is 0.321 e. The number of allylic oxidation sites excluding steroid dienone is 2. The summed E-state index contributed by atoms with van der Waals surface area (Å²) in [5.74, 6) is 1.35. The fourth-order valence-corrected chi connectivity index (χ4v) is 3.85. The molecule has 170 valence electrons. The molecule has 3 aliphatic rings. The number of hydroxylamine groups is 1. The van der Waals surface area contributed by atoms with Gasteiger partial charge in [-0.25, -0.2) is 5.48 Å². The van der Waals surface area contributed by atoms with Gasteiger partial charge in [-0.3, -0.25) is 9.98 Å². The van der Waals surface area contributed by atoms with Crippen LogP contribution < -0.4 is 20.0 Å². The zero-order valence-corrected chi connectivity index (χ0v) is 18.2. The average molecular weight is 447 g/mol. The third-order valence-corrected chi connectivity index (χ3v) is 5.59. The molecule has 33 heavy (non-hydrogen) atoms. The minimum atomic E-state index is 0.161. The Bertz CT molecular complexity index is 1060. The fourth-order valence-electron chi connectivity index (χ4n) is 3.85. The van der Waals surface area contributed by atoms with Gasteiger partial charge < -0.3 is 19.2 Å². The molecule has 1 saturated heterocycles. The summed E-state index contributed by atoms with van der Waals surface area (Å²) in [6, 6.07) is 8.05. The van der Waals surface area contributed by atoms with E-state index in [0.717, 1.165) is 30.2 Å². The van der Waals surface area contributed by atoms with Gasteiger partial charge in [0.25, 0.3) is 5.88 Å². The maximum atomic E-state index is 5.85. The molecule has 0 spiro atoms. The molecule has 1 fully saturated rings. The lowest BCUT2D eigenvalue weighted by molar-refractivity contribution is 0.122. The average Bonchev–Trinajstić information content (AvgIpc) is 3.28. The number of hydrogen-bond donors (Lipinski definition) is 1. The maximum absolute atomic E-state index is 5.85. The lowest BCUT2D eigenvalue weighted by Crippen LogP contribution is -2.36. The first-order valence-corrected chi connectivity index (χ1v) is 11.1. The number of aliphatic imine (C=N–C) groups is 1. The van der Waals surface area contributed by atoms with Gasteiger partial charge >= 0.3 is 6.01 Å². The van der Waals surface area contributed by atoms with Gasteiger partial charge in [-0.2, -0.15) is 9.97 Å². The van der Waals surface area contributed by atoms with Crippen molar-refractivity contribution < 1.29 is 14.3 Å². The highest BCUT2D eigenvalue weighted by atomic mass is 16.7. The molecule has 0 aromatic carbocycles. The first-order chi connectivity index (χ1) is 16.3. The molecule has 2 atom stereocenters. The van der Waals surface area contributed by atoms with E-state index >= 15 is 0 Å². The van der Waals surface area contributed by atoms with Crippen LogP contribution in [-0.4, -0.2) is 60.1 Å². The van der Waals surface area contributed by atoms with E-state index in [1.807, 2.05) is 42.8 Å². The molecule has 5 rings (SSSR count). The first kappa shape index (κ1) is 21.1. The Morgan fingerprint density at radius 2 is 2.06 bits per heavy atom. The smallest absolute Gasteiger partial charge is 0.321 e. The molecule has 2 aromatic heterocycles. The highest BCUT2D eigenvalue weighted by Gasteiger charge is 2.25. The number of ether oxygens (including phenoxy) is 2. The van der Waals surface area contributed by atoms with Crippen molar-refractivity contribution >= 4 is 12.0 Å². The lowest BCUT2D eigenvalue weighted by atomic mass is 9.92. The molecule has 0 bridgehead atoms. The van der Waals surface area contributed by atoms with Crippen LogP contribution in [-0.2, 0) is 11.2 Å². The molecule has 0 amide bonds. The minimum Gasteiger partial charge on any atom is -0.463 e. The van der Waals surface area contributed by atoms with Gasteiger partial charge in [-0.15, -0.1) is 0 Å². The summed E-state index contributed by atoms with van der Waals surface area (Å²) in [7, 11) is 0. The van der Waals surface area contributed by atoms with Crippen molar-refractivity contribution in [1.29, 1.82) is 0 Å². The van der Waals surface area contributed by atoms with Gasteiger partial charge in [0.2, 0.25) is 0 Å². The normalized spacial score (nSPS) is 22.4. The monoisotopic (exact) mass is 446 g/mol. The van der Waals surface area contributed by atoms with Crippen LogP contribution in [0.2, 0.25) is 0 Å². The summed E-state index contributed by atoms with van der Waals surface area (Å²) in [6.45, 7) is 3.23. The molecule has 4 heterocycles. The van der Waals surface area contributed by atoms with Gasteiger partial charge in [-0.1, -0.05) is 30.4 Å². The number of morpholine rings is 1. The number of nitrogens with one attached hydrogen (secondary N) is 1.